The van der Waals surface area contributed by atoms with Gasteiger partial charge in [-0.3, -0.25) is 4.57 Å². The number of imidazole rings is 1. The van der Waals surface area contributed by atoms with Crippen LogP contribution in [0, 0.1) is 0 Å². The molecule has 0 amide bonds. The highest BCUT2D eigenvalue weighted by atomic mass is 19.4. The number of rotatable bonds is 1. The van der Waals surface area contributed by atoms with Crippen LogP contribution >= 0.6 is 0 Å². The third kappa shape index (κ3) is 2.12. The molecular weight excluding hydrogens is 255 g/mol. The molecule has 1 aliphatic heterocycles. The molecule has 0 unspecified atom stereocenters. The van der Waals surface area contributed by atoms with Gasteiger partial charge < -0.3 is 5.32 Å². The van der Waals surface area contributed by atoms with Gasteiger partial charge in [0, 0.05) is 30.9 Å². The molecule has 1 aromatic heterocycles. The smallest absolute Gasteiger partial charge is 0.311 e. The van der Waals surface area contributed by atoms with Crippen LogP contribution in [0.1, 0.15) is 17.2 Å². The minimum Gasteiger partial charge on any atom is -0.311 e. The Balaban J connectivity index is 2.23. The van der Waals surface area contributed by atoms with Gasteiger partial charge in [-0.05, 0) is 12.1 Å². The van der Waals surface area contributed by atoms with Crippen molar-refractivity contribution in [1.82, 2.24) is 14.9 Å². The summed E-state index contributed by atoms with van der Waals surface area (Å²) in [5.41, 5.74) is 1.64. The van der Waals surface area contributed by atoms with Crippen LogP contribution in [0.25, 0.3) is 5.69 Å². The largest absolute Gasteiger partial charge is 0.450 e. The average molecular weight is 267 g/mol. The highest BCUT2D eigenvalue weighted by Gasteiger charge is 2.39. The molecular formula is C13H12F3N3. The van der Waals surface area contributed by atoms with Crippen molar-refractivity contribution >= 4 is 0 Å². The Labute approximate surface area is 108 Å². The van der Waals surface area contributed by atoms with E-state index >= 15 is 0 Å². The zero-order valence-electron chi connectivity index (χ0n) is 10.0. The summed E-state index contributed by atoms with van der Waals surface area (Å²) in [6.07, 6.45) is -3.90. The molecule has 2 heterocycles. The molecule has 0 atom stereocenters. The van der Waals surface area contributed by atoms with E-state index in [1.807, 2.05) is 0 Å². The monoisotopic (exact) mass is 267 g/mol. The number of aromatic nitrogens is 2. The van der Waals surface area contributed by atoms with E-state index in [9.17, 15) is 13.2 Å². The third-order valence-electron chi connectivity index (χ3n) is 3.15. The molecule has 0 saturated heterocycles. The van der Waals surface area contributed by atoms with Crippen molar-refractivity contribution < 1.29 is 13.2 Å². The van der Waals surface area contributed by atoms with Gasteiger partial charge in [0.1, 0.15) is 0 Å². The lowest BCUT2D eigenvalue weighted by molar-refractivity contribution is -0.146. The summed E-state index contributed by atoms with van der Waals surface area (Å²) in [4.78, 5) is 3.77. The molecule has 0 fully saturated rings. The Hall–Kier alpha value is -1.82. The molecule has 6 heteroatoms. The summed E-state index contributed by atoms with van der Waals surface area (Å²) in [6, 6.07) is 8.56. The van der Waals surface area contributed by atoms with Gasteiger partial charge in [0.2, 0.25) is 5.82 Å². The number of nitrogens with zero attached hydrogens (tertiary/aromatic N) is 2. The fourth-order valence-electron chi connectivity index (χ4n) is 2.36. The van der Waals surface area contributed by atoms with Gasteiger partial charge in [0.15, 0.2) is 0 Å². The number of benzene rings is 1. The molecule has 0 saturated carbocycles. The molecule has 100 valence electrons. The summed E-state index contributed by atoms with van der Waals surface area (Å²) in [5, 5.41) is 3.04. The molecule has 0 aliphatic carbocycles. The second kappa shape index (κ2) is 4.38. The van der Waals surface area contributed by atoms with Crippen LogP contribution in [-0.2, 0) is 19.1 Å². The standard InChI is InChI=1S/C13H12F3N3/c14-13(15,16)12-18-10-8-17-7-6-11(10)19(12)9-4-2-1-3-5-9/h1-5,17H,6-8H2. The number of hydrogen-bond acceptors (Lipinski definition) is 2. The van der Waals surface area contributed by atoms with E-state index in [-0.39, 0.29) is 0 Å². The molecule has 0 radical (unpaired) electrons. The zero-order valence-corrected chi connectivity index (χ0v) is 10.0. The van der Waals surface area contributed by atoms with Crippen LogP contribution in [0.5, 0.6) is 0 Å². The van der Waals surface area contributed by atoms with Gasteiger partial charge in [-0.15, -0.1) is 0 Å². The Bertz CT molecular complexity index is 587. The summed E-state index contributed by atoms with van der Waals surface area (Å²) in [7, 11) is 0. The minimum absolute atomic E-state index is 0.387. The van der Waals surface area contributed by atoms with Crippen molar-refractivity contribution in [2.75, 3.05) is 6.54 Å². The third-order valence-corrected chi connectivity index (χ3v) is 3.15. The average Bonchev–Trinajstić information content (AvgIpc) is 2.79. The van der Waals surface area contributed by atoms with Crippen LogP contribution in [0.3, 0.4) is 0 Å². The zero-order chi connectivity index (χ0) is 13.5. The molecule has 0 bridgehead atoms. The fraction of sp³-hybridized carbons (Fsp3) is 0.308. The molecule has 1 N–H and O–H groups in total. The van der Waals surface area contributed by atoms with Gasteiger partial charge in [-0.25, -0.2) is 4.98 Å². The van der Waals surface area contributed by atoms with E-state index in [1.165, 1.54) is 4.57 Å². The quantitative estimate of drug-likeness (QED) is 0.860. The first-order chi connectivity index (χ1) is 9.07. The number of alkyl halides is 3. The van der Waals surface area contributed by atoms with Crippen molar-refractivity contribution in [1.29, 1.82) is 0 Å². The van der Waals surface area contributed by atoms with Gasteiger partial charge in [0.05, 0.1) is 5.69 Å². The summed E-state index contributed by atoms with van der Waals surface area (Å²) in [5.74, 6) is -0.840. The lowest BCUT2D eigenvalue weighted by Gasteiger charge is -2.16. The van der Waals surface area contributed by atoms with Crippen LogP contribution in [0.15, 0.2) is 30.3 Å². The van der Waals surface area contributed by atoms with Gasteiger partial charge in [-0.2, -0.15) is 13.2 Å². The Morgan fingerprint density at radius 3 is 2.58 bits per heavy atom. The Morgan fingerprint density at radius 2 is 1.89 bits per heavy atom. The van der Waals surface area contributed by atoms with Gasteiger partial charge in [-0.1, -0.05) is 18.2 Å². The predicted octanol–water partition coefficient (Wildman–Crippen LogP) is 2.54. The number of para-hydroxylation sites is 1. The Kier molecular flexibility index (Phi) is 2.82. The first-order valence-corrected chi connectivity index (χ1v) is 6.01. The lowest BCUT2D eigenvalue weighted by Crippen LogP contribution is -2.25. The molecule has 1 aliphatic rings. The fourth-order valence-corrected chi connectivity index (χ4v) is 2.36. The first kappa shape index (κ1) is 12.2. The molecule has 1 aromatic carbocycles. The molecule has 19 heavy (non-hydrogen) atoms. The van der Waals surface area contributed by atoms with Crippen LogP contribution in [0.2, 0.25) is 0 Å². The highest BCUT2D eigenvalue weighted by molar-refractivity contribution is 5.39. The van der Waals surface area contributed by atoms with Crippen molar-refractivity contribution in [2.24, 2.45) is 0 Å². The molecule has 2 aromatic rings. The highest BCUT2D eigenvalue weighted by Crippen LogP contribution is 2.33. The van der Waals surface area contributed by atoms with Crippen molar-refractivity contribution in [2.45, 2.75) is 19.1 Å². The second-order valence-electron chi connectivity index (χ2n) is 4.42. The van der Waals surface area contributed by atoms with Gasteiger partial charge in [0.25, 0.3) is 0 Å². The van der Waals surface area contributed by atoms with E-state index in [1.54, 1.807) is 30.3 Å². The summed E-state index contributed by atoms with van der Waals surface area (Å²) < 4.78 is 40.6. The molecule has 3 nitrogen and oxygen atoms in total. The van der Waals surface area contributed by atoms with Crippen LogP contribution in [-0.4, -0.2) is 16.1 Å². The number of halogens is 3. The summed E-state index contributed by atoms with van der Waals surface area (Å²) >= 11 is 0. The van der Waals surface area contributed by atoms with Crippen LogP contribution < -0.4 is 5.32 Å². The number of hydrogen-bond donors (Lipinski definition) is 1. The normalized spacial score (nSPS) is 15.3. The second-order valence-corrected chi connectivity index (χ2v) is 4.42. The van der Waals surface area contributed by atoms with E-state index in [0.29, 0.717) is 36.6 Å². The maximum absolute atomic E-state index is 13.1. The lowest BCUT2D eigenvalue weighted by atomic mass is 10.1. The van der Waals surface area contributed by atoms with E-state index < -0.39 is 12.0 Å². The maximum Gasteiger partial charge on any atom is 0.450 e. The topological polar surface area (TPSA) is 29.9 Å². The number of nitrogens with one attached hydrogen (secondary N) is 1. The predicted molar refractivity (Wildman–Crippen MR) is 64.0 cm³/mol. The van der Waals surface area contributed by atoms with Crippen LogP contribution in [0.4, 0.5) is 13.2 Å². The van der Waals surface area contributed by atoms with Crippen molar-refractivity contribution in [3.8, 4) is 5.69 Å². The van der Waals surface area contributed by atoms with Crippen molar-refractivity contribution in [3.63, 3.8) is 0 Å². The maximum atomic E-state index is 13.1. The molecule has 0 spiro atoms. The van der Waals surface area contributed by atoms with E-state index in [0.717, 1.165) is 0 Å². The molecule has 3 rings (SSSR count). The first-order valence-electron chi connectivity index (χ1n) is 6.01. The number of fused-ring (bicyclic) bond motifs is 1. The summed E-state index contributed by atoms with van der Waals surface area (Å²) in [6.45, 7) is 1.06. The Morgan fingerprint density at radius 1 is 1.16 bits per heavy atom. The van der Waals surface area contributed by atoms with E-state index in [2.05, 4.69) is 10.3 Å². The van der Waals surface area contributed by atoms with Crippen molar-refractivity contribution in [3.05, 3.63) is 47.5 Å². The SMILES string of the molecule is FC(F)(F)c1nc2c(n1-c1ccccc1)CCNC2. The van der Waals surface area contributed by atoms with Gasteiger partial charge >= 0.3 is 6.18 Å². The minimum atomic E-state index is -4.45. The van der Waals surface area contributed by atoms with E-state index in [4.69, 9.17) is 0 Å².